The number of amides is 2. The van der Waals surface area contributed by atoms with Crippen LogP contribution in [0.15, 0.2) is 0 Å². The average molecular weight is 230 g/mol. The van der Waals surface area contributed by atoms with Crippen molar-refractivity contribution < 1.29 is 19.1 Å². The summed E-state index contributed by atoms with van der Waals surface area (Å²) in [4.78, 5) is 24.4. The van der Waals surface area contributed by atoms with Crippen LogP contribution in [0.25, 0.3) is 0 Å². The van der Waals surface area contributed by atoms with Gasteiger partial charge in [-0.2, -0.15) is 0 Å². The van der Waals surface area contributed by atoms with Crippen LogP contribution in [0, 0.1) is 0 Å². The molecule has 1 unspecified atom stereocenters. The van der Waals surface area contributed by atoms with Gasteiger partial charge in [0.2, 0.25) is 11.8 Å². The number of carbonyl (C=O) groups is 2. The lowest BCUT2D eigenvalue weighted by Crippen LogP contribution is -2.41. The van der Waals surface area contributed by atoms with Crippen molar-refractivity contribution >= 4 is 11.8 Å². The number of rotatable bonds is 5. The Labute approximate surface area is 94.9 Å². The molecule has 0 aromatic carbocycles. The lowest BCUT2D eigenvalue weighted by Gasteiger charge is -2.24. The Kier molecular flexibility index (Phi) is 5.21. The highest BCUT2D eigenvalue weighted by Crippen LogP contribution is 2.02. The summed E-state index contributed by atoms with van der Waals surface area (Å²) in [6.07, 6.45) is 0.192. The number of methoxy groups -OCH3 is 2. The van der Waals surface area contributed by atoms with Crippen LogP contribution in [0.3, 0.4) is 0 Å². The third kappa shape index (κ3) is 3.79. The van der Waals surface area contributed by atoms with E-state index < -0.39 is 0 Å². The average Bonchev–Trinajstić information content (AvgIpc) is 2.43. The Hall–Kier alpha value is -1.14. The highest BCUT2D eigenvalue weighted by Gasteiger charge is 2.22. The Morgan fingerprint density at radius 1 is 1.44 bits per heavy atom. The monoisotopic (exact) mass is 230 g/mol. The minimum atomic E-state index is -0.151. The summed E-state index contributed by atoms with van der Waals surface area (Å²) in [6.45, 7) is 1.40. The Morgan fingerprint density at radius 3 is 2.81 bits per heavy atom. The van der Waals surface area contributed by atoms with Crippen LogP contribution >= 0.6 is 0 Å². The molecule has 0 aromatic rings. The molecule has 0 saturated carbocycles. The number of hydrogen-bond donors (Lipinski definition) is 1. The molecule has 0 spiro atoms. The first-order valence-corrected chi connectivity index (χ1v) is 5.23. The van der Waals surface area contributed by atoms with Gasteiger partial charge in [0.25, 0.3) is 0 Å². The van der Waals surface area contributed by atoms with Crippen LogP contribution in [0.2, 0.25) is 0 Å². The number of ether oxygens (including phenoxy) is 2. The zero-order valence-electron chi connectivity index (χ0n) is 9.69. The molecule has 1 rings (SSSR count). The molecule has 1 heterocycles. The van der Waals surface area contributed by atoms with Gasteiger partial charge in [0.1, 0.15) is 0 Å². The smallest absolute Gasteiger partial charge is 0.242 e. The van der Waals surface area contributed by atoms with Gasteiger partial charge in [-0.1, -0.05) is 0 Å². The van der Waals surface area contributed by atoms with Gasteiger partial charge in [-0.25, -0.2) is 0 Å². The summed E-state index contributed by atoms with van der Waals surface area (Å²) < 4.78 is 10.2. The van der Waals surface area contributed by atoms with Crippen LogP contribution < -0.4 is 5.32 Å². The standard InChI is InChI=1S/C10H18N2O4/c1-15-7-8(16-2)6-12-4-3-9(13)11-5-10(12)14/h8H,3-7H2,1-2H3,(H,11,13). The van der Waals surface area contributed by atoms with E-state index in [2.05, 4.69) is 5.32 Å². The van der Waals surface area contributed by atoms with Gasteiger partial charge < -0.3 is 19.7 Å². The van der Waals surface area contributed by atoms with Crippen molar-refractivity contribution in [2.75, 3.05) is 40.5 Å². The van der Waals surface area contributed by atoms with Gasteiger partial charge in [-0.3, -0.25) is 9.59 Å². The molecule has 16 heavy (non-hydrogen) atoms. The largest absolute Gasteiger partial charge is 0.382 e. The van der Waals surface area contributed by atoms with Crippen molar-refractivity contribution in [1.82, 2.24) is 10.2 Å². The molecule has 0 bridgehead atoms. The van der Waals surface area contributed by atoms with E-state index >= 15 is 0 Å². The van der Waals surface area contributed by atoms with E-state index in [1.165, 1.54) is 0 Å². The van der Waals surface area contributed by atoms with Crippen LogP contribution in [0.5, 0.6) is 0 Å². The summed E-state index contributed by atoms with van der Waals surface area (Å²) in [6, 6.07) is 0. The topological polar surface area (TPSA) is 67.9 Å². The molecule has 0 aromatic heterocycles. The van der Waals surface area contributed by atoms with E-state index in [4.69, 9.17) is 9.47 Å². The van der Waals surface area contributed by atoms with Crippen LogP contribution in [-0.4, -0.2) is 63.3 Å². The summed E-state index contributed by atoms with van der Waals surface area (Å²) in [5.74, 6) is -0.166. The van der Waals surface area contributed by atoms with Crippen LogP contribution in [0.4, 0.5) is 0 Å². The van der Waals surface area contributed by atoms with E-state index in [-0.39, 0.29) is 24.5 Å². The predicted octanol–water partition coefficient (Wildman–Crippen LogP) is -1.00. The normalized spacial score (nSPS) is 19.2. The van der Waals surface area contributed by atoms with Crippen molar-refractivity contribution in [2.45, 2.75) is 12.5 Å². The second kappa shape index (κ2) is 6.44. The third-order valence-corrected chi connectivity index (χ3v) is 2.51. The minimum Gasteiger partial charge on any atom is -0.382 e. The van der Waals surface area contributed by atoms with Crippen LogP contribution in [-0.2, 0) is 19.1 Å². The fourth-order valence-electron chi connectivity index (χ4n) is 1.56. The maximum atomic E-state index is 11.6. The zero-order valence-corrected chi connectivity index (χ0v) is 9.69. The van der Waals surface area contributed by atoms with Crippen molar-refractivity contribution in [3.63, 3.8) is 0 Å². The molecule has 92 valence electrons. The number of nitrogens with one attached hydrogen (secondary N) is 1. The van der Waals surface area contributed by atoms with Gasteiger partial charge in [0.15, 0.2) is 0 Å². The maximum Gasteiger partial charge on any atom is 0.242 e. The van der Waals surface area contributed by atoms with Crippen molar-refractivity contribution in [3.05, 3.63) is 0 Å². The minimum absolute atomic E-state index is 0.0717. The third-order valence-electron chi connectivity index (χ3n) is 2.51. The second-order valence-electron chi connectivity index (χ2n) is 3.68. The van der Waals surface area contributed by atoms with Gasteiger partial charge in [0.05, 0.1) is 19.3 Å². The molecule has 0 radical (unpaired) electrons. The molecule has 1 aliphatic rings. The molecule has 1 fully saturated rings. The first-order chi connectivity index (χ1) is 7.67. The first kappa shape index (κ1) is 12.9. The Balaban J connectivity index is 2.50. The molecule has 6 nitrogen and oxygen atoms in total. The number of carbonyl (C=O) groups excluding carboxylic acids is 2. The van der Waals surface area contributed by atoms with Crippen molar-refractivity contribution in [3.8, 4) is 0 Å². The van der Waals surface area contributed by atoms with Gasteiger partial charge in [-0.15, -0.1) is 0 Å². The second-order valence-corrected chi connectivity index (χ2v) is 3.68. The Bertz CT molecular complexity index is 257. The highest BCUT2D eigenvalue weighted by molar-refractivity contribution is 5.87. The molecule has 1 atom stereocenters. The van der Waals surface area contributed by atoms with Gasteiger partial charge >= 0.3 is 0 Å². The van der Waals surface area contributed by atoms with E-state index in [0.717, 1.165) is 0 Å². The molecule has 1 aliphatic heterocycles. The highest BCUT2D eigenvalue weighted by atomic mass is 16.5. The maximum absolute atomic E-state index is 11.6. The quantitative estimate of drug-likeness (QED) is 0.657. The van der Waals surface area contributed by atoms with E-state index in [1.54, 1.807) is 19.1 Å². The summed E-state index contributed by atoms with van der Waals surface area (Å²) in [7, 11) is 3.16. The lowest BCUT2D eigenvalue weighted by atomic mass is 10.3. The Morgan fingerprint density at radius 2 is 2.19 bits per heavy atom. The van der Waals surface area contributed by atoms with Crippen molar-refractivity contribution in [2.24, 2.45) is 0 Å². The fraction of sp³-hybridized carbons (Fsp3) is 0.800. The molecule has 0 aliphatic carbocycles. The summed E-state index contributed by atoms with van der Waals surface area (Å²) in [5.41, 5.74) is 0. The zero-order chi connectivity index (χ0) is 12.0. The van der Waals surface area contributed by atoms with Gasteiger partial charge in [-0.05, 0) is 0 Å². The summed E-state index contributed by atoms with van der Waals surface area (Å²) in [5, 5.41) is 2.55. The van der Waals surface area contributed by atoms with Crippen molar-refractivity contribution in [1.29, 1.82) is 0 Å². The predicted molar refractivity (Wildman–Crippen MR) is 56.9 cm³/mol. The summed E-state index contributed by atoms with van der Waals surface area (Å²) >= 11 is 0. The number of nitrogens with zero attached hydrogens (tertiary/aromatic N) is 1. The lowest BCUT2D eigenvalue weighted by molar-refractivity contribution is -0.132. The number of hydrogen-bond acceptors (Lipinski definition) is 4. The van der Waals surface area contributed by atoms with Crippen LogP contribution in [0.1, 0.15) is 6.42 Å². The van der Waals surface area contributed by atoms with E-state index in [0.29, 0.717) is 26.1 Å². The van der Waals surface area contributed by atoms with Gasteiger partial charge in [0, 0.05) is 33.7 Å². The van der Waals surface area contributed by atoms with E-state index in [1.807, 2.05) is 0 Å². The molecule has 1 saturated heterocycles. The molecular weight excluding hydrogens is 212 g/mol. The van der Waals surface area contributed by atoms with E-state index in [9.17, 15) is 9.59 Å². The molecule has 1 N–H and O–H groups in total. The molecule has 2 amide bonds. The first-order valence-electron chi connectivity index (χ1n) is 5.23. The fourth-order valence-corrected chi connectivity index (χ4v) is 1.56. The molecular formula is C10H18N2O4. The molecule has 6 heteroatoms. The SMILES string of the molecule is COCC(CN1CCC(=O)NCC1=O)OC.